The molecule has 102 valence electrons. The summed E-state index contributed by atoms with van der Waals surface area (Å²) in [5.74, 6) is 0.593. The summed E-state index contributed by atoms with van der Waals surface area (Å²) in [4.78, 5) is 5.76. The summed E-state index contributed by atoms with van der Waals surface area (Å²) in [6, 6.07) is 4.21. The number of nitrogens with zero attached hydrogens (tertiary/aromatic N) is 2. The summed E-state index contributed by atoms with van der Waals surface area (Å²) in [6.45, 7) is 6.43. The van der Waals surface area contributed by atoms with E-state index in [9.17, 15) is 8.78 Å². The molecule has 3 nitrogen and oxygen atoms in total. The average Bonchev–Trinajstić information content (AvgIpc) is 2.24. The maximum atomic E-state index is 12.3. The van der Waals surface area contributed by atoms with E-state index < -0.39 is 6.43 Å². The van der Waals surface area contributed by atoms with Gasteiger partial charge in [-0.2, -0.15) is 0 Å². The zero-order chi connectivity index (χ0) is 13.7. The van der Waals surface area contributed by atoms with E-state index in [2.05, 4.69) is 24.1 Å². The van der Waals surface area contributed by atoms with Crippen LogP contribution in [0.3, 0.4) is 0 Å². The summed E-state index contributed by atoms with van der Waals surface area (Å²) in [5, 5.41) is 3.30. The van der Waals surface area contributed by atoms with Gasteiger partial charge in [0.2, 0.25) is 0 Å². The molecule has 0 saturated heterocycles. The molecule has 0 aliphatic rings. The Morgan fingerprint density at radius 2 is 2.00 bits per heavy atom. The lowest BCUT2D eigenvalue weighted by Gasteiger charge is -2.19. The molecule has 0 unspecified atom stereocenters. The first kappa shape index (κ1) is 14.8. The Morgan fingerprint density at radius 3 is 2.56 bits per heavy atom. The Labute approximate surface area is 107 Å². The third kappa shape index (κ3) is 4.96. The van der Waals surface area contributed by atoms with Crippen molar-refractivity contribution in [2.45, 2.75) is 39.8 Å². The smallest absolute Gasteiger partial charge is 0.255 e. The van der Waals surface area contributed by atoms with Crippen LogP contribution in [0.5, 0.6) is 0 Å². The van der Waals surface area contributed by atoms with Gasteiger partial charge in [0.15, 0.2) is 0 Å². The summed E-state index contributed by atoms with van der Waals surface area (Å²) < 4.78 is 24.7. The molecule has 1 N–H and O–H groups in total. The summed E-state index contributed by atoms with van der Waals surface area (Å²) in [6.07, 6.45) is -2.35. The molecule has 1 rings (SSSR count). The topological polar surface area (TPSA) is 28.2 Å². The molecule has 0 radical (unpaired) electrons. The highest BCUT2D eigenvalue weighted by Gasteiger charge is 2.11. The number of pyridine rings is 1. The number of hydrogen-bond donors (Lipinski definition) is 1. The van der Waals surface area contributed by atoms with E-state index in [4.69, 9.17) is 0 Å². The van der Waals surface area contributed by atoms with Crippen molar-refractivity contribution in [3.8, 4) is 0 Å². The second-order valence-corrected chi connectivity index (χ2v) is 4.78. The van der Waals surface area contributed by atoms with E-state index in [0.29, 0.717) is 11.9 Å². The standard InChI is InChI=1S/C13H21F2N3/c1-9(2)16-7-11-5-10(3)17-13(6-11)18(4)8-12(14)15/h5-6,9,12,16H,7-8H2,1-4H3. The first-order valence-corrected chi connectivity index (χ1v) is 6.08. The van der Waals surface area contributed by atoms with Crippen LogP contribution in [0.4, 0.5) is 14.6 Å². The molecule has 0 atom stereocenters. The van der Waals surface area contributed by atoms with Crippen LogP contribution in [0.25, 0.3) is 0 Å². The van der Waals surface area contributed by atoms with Gasteiger partial charge in [0.05, 0.1) is 6.54 Å². The lowest BCUT2D eigenvalue weighted by Crippen LogP contribution is -2.26. The van der Waals surface area contributed by atoms with Crippen molar-refractivity contribution in [3.05, 3.63) is 23.4 Å². The first-order chi connectivity index (χ1) is 8.38. The van der Waals surface area contributed by atoms with E-state index in [-0.39, 0.29) is 6.54 Å². The lowest BCUT2D eigenvalue weighted by atomic mass is 10.2. The van der Waals surface area contributed by atoms with Crippen LogP contribution in [-0.4, -0.2) is 31.0 Å². The van der Waals surface area contributed by atoms with E-state index in [0.717, 1.165) is 17.8 Å². The van der Waals surface area contributed by atoms with Gasteiger partial charge in [-0.15, -0.1) is 0 Å². The van der Waals surface area contributed by atoms with Crippen LogP contribution in [0, 0.1) is 6.92 Å². The molecular formula is C13H21F2N3. The van der Waals surface area contributed by atoms with E-state index >= 15 is 0 Å². The third-order valence-electron chi connectivity index (χ3n) is 2.52. The van der Waals surface area contributed by atoms with Crippen molar-refractivity contribution in [1.29, 1.82) is 0 Å². The van der Waals surface area contributed by atoms with Crippen molar-refractivity contribution in [2.75, 3.05) is 18.5 Å². The highest BCUT2D eigenvalue weighted by molar-refractivity contribution is 5.42. The Morgan fingerprint density at radius 1 is 1.33 bits per heavy atom. The molecule has 0 bridgehead atoms. The van der Waals surface area contributed by atoms with Crippen LogP contribution < -0.4 is 10.2 Å². The van der Waals surface area contributed by atoms with Gasteiger partial charge in [-0.25, -0.2) is 13.8 Å². The van der Waals surface area contributed by atoms with Gasteiger partial charge in [0.1, 0.15) is 5.82 Å². The van der Waals surface area contributed by atoms with Crippen molar-refractivity contribution >= 4 is 5.82 Å². The normalized spacial score (nSPS) is 11.3. The number of aryl methyl sites for hydroxylation is 1. The number of aromatic nitrogens is 1. The van der Waals surface area contributed by atoms with Gasteiger partial charge in [-0.1, -0.05) is 13.8 Å². The van der Waals surface area contributed by atoms with Gasteiger partial charge >= 0.3 is 0 Å². The molecule has 0 saturated carbocycles. The highest BCUT2D eigenvalue weighted by Crippen LogP contribution is 2.15. The Balaban J connectivity index is 2.79. The third-order valence-corrected chi connectivity index (χ3v) is 2.52. The number of rotatable bonds is 6. The summed E-state index contributed by atoms with van der Waals surface area (Å²) in [7, 11) is 1.63. The second kappa shape index (κ2) is 6.64. The van der Waals surface area contributed by atoms with E-state index in [1.54, 1.807) is 7.05 Å². The fourth-order valence-corrected chi connectivity index (χ4v) is 1.64. The minimum Gasteiger partial charge on any atom is -0.354 e. The molecule has 0 aliphatic carbocycles. The molecule has 1 aromatic heterocycles. The fraction of sp³-hybridized carbons (Fsp3) is 0.615. The van der Waals surface area contributed by atoms with Crippen LogP contribution in [0.1, 0.15) is 25.1 Å². The quantitative estimate of drug-likeness (QED) is 0.849. The van der Waals surface area contributed by atoms with E-state index in [1.165, 1.54) is 4.90 Å². The monoisotopic (exact) mass is 257 g/mol. The summed E-state index contributed by atoms with van der Waals surface area (Å²) >= 11 is 0. The predicted octanol–water partition coefficient (Wildman–Crippen LogP) is 2.59. The van der Waals surface area contributed by atoms with Gasteiger partial charge in [-0.3, -0.25) is 0 Å². The number of alkyl halides is 2. The molecule has 0 fully saturated rings. The predicted molar refractivity (Wildman–Crippen MR) is 70.2 cm³/mol. The highest BCUT2D eigenvalue weighted by atomic mass is 19.3. The summed E-state index contributed by atoms with van der Waals surface area (Å²) in [5.41, 5.74) is 1.90. The minimum atomic E-state index is -2.35. The van der Waals surface area contributed by atoms with Crippen LogP contribution in [0.15, 0.2) is 12.1 Å². The molecule has 18 heavy (non-hydrogen) atoms. The molecule has 1 aromatic rings. The largest absolute Gasteiger partial charge is 0.354 e. The van der Waals surface area contributed by atoms with Gasteiger partial charge in [-0.05, 0) is 24.6 Å². The van der Waals surface area contributed by atoms with Crippen molar-refractivity contribution in [3.63, 3.8) is 0 Å². The zero-order valence-electron chi connectivity index (χ0n) is 11.4. The Hall–Kier alpha value is -1.23. The van der Waals surface area contributed by atoms with Crippen LogP contribution in [-0.2, 0) is 6.54 Å². The molecule has 0 aromatic carbocycles. The maximum Gasteiger partial charge on any atom is 0.255 e. The fourth-order valence-electron chi connectivity index (χ4n) is 1.64. The Kier molecular flexibility index (Phi) is 5.47. The molecule has 0 aliphatic heterocycles. The molecular weight excluding hydrogens is 236 g/mol. The zero-order valence-corrected chi connectivity index (χ0v) is 11.4. The van der Waals surface area contributed by atoms with Crippen molar-refractivity contribution < 1.29 is 8.78 Å². The van der Waals surface area contributed by atoms with Gasteiger partial charge in [0.25, 0.3) is 6.43 Å². The molecule has 0 amide bonds. The number of nitrogens with one attached hydrogen (secondary N) is 1. The molecule has 1 heterocycles. The lowest BCUT2D eigenvalue weighted by molar-refractivity contribution is 0.156. The SMILES string of the molecule is Cc1cc(CNC(C)C)cc(N(C)CC(F)F)n1. The second-order valence-electron chi connectivity index (χ2n) is 4.78. The Bertz CT molecular complexity index is 380. The van der Waals surface area contributed by atoms with Crippen molar-refractivity contribution in [2.24, 2.45) is 0 Å². The first-order valence-electron chi connectivity index (χ1n) is 6.08. The van der Waals surface area contributed by atoms with Crippen molar-refractivity contribution in [1.82, 2.24) is 10.3 Å². The number of anilines is 1. The van der Waals surface area contributed by atoms with E-state index in [1.807, 2.05) is 19.1 Å². The van der Waals surface area contributed by atoms with Crippen LogP contribution >= 0.6 is 0 Å². The molecule has 0 spiro atoms. The van der Waals surface area contributed by atoms with Gasteiger partial charge in [0, 0.05) is 25.3 Å². The maximum absolute atomic E-state index is 12.3. The molecule has 5 heteroatoms. The van der Waals surface area contributed by atoms with Crippen LogP contribution in [0.2, 0.25) is 0 Å². The van der Waals surface area contributed by atoms with Gasteiger partial charge < -0.3 is 10.2 Å². The number of hydrogen-bond acceptors (Lipinski definition) is 3. The average molecular weight is 257 g/mol. The number of halogens is 2. The minimum absolute atomic E-state index is 0.298.